The number of aryl methyl sites for hydroxylation is 1. The maximum atomic E-state index is 12.4. The van der Waals surface area contributed by atoms with Crippen molar-refractivity contribution in [3.05, 3.63) is 60.2 Å². The molecule has 0 aliphatic carbocycles. The highest BCUT2D eigenvalue weighted by atomic mass is 19.4. The third-order valence-corrected chi connectivity index (χ3v) is 4.64. The van der Waals surface area contributed by atoms with E-state index in [4.69, 9.17) is 9.15 Å². The molecule has 1 unspecified atom stereocenters. The molecule has 4 aromatic rings. The van der Waals surface area contributed by atoms with E-state index >= 15 is 0 Å². The Morgan fingerprint density at radius 3 is 2.81 bits per heavy atom. The minimum Gasteiger partial charge on any atom is -0.468 e. The molecule has 1 N–H and O–H groups in total. The number of amides is 1. The number of oxazole rings is 1. The van der Waals surface area contributed by atoms with Crippen molar-refractivity contribution < 1.29 is 27.1 Å². The van der Waals surface area contributed by atoms with Gasteiger partial charge in [-0.1, -0.05) is 0 Å². The van der Waals surface area contributed by atoms with Crippen LogP contribution in [-0.2, 0) is 0 Å². The minimum atomic E-state index is -4.44. The number of alkyl halides is 3. The summed E-state index contributed by atoms with van der Waals surface area (Å²) in [6.07, 6.45) is 2.67. The standard InChI is InChI=1S/C20H17F3N6O3/c1-11-5-13(6-26-19(11)31-9-20(21,22)23)12(2)29-8-14-15(28-29)3-4-25-17(14)27-18(30)16-7-24-10-32-16/h3-8,10,12H,9H2,1-2H3,(H,25,27,30). The summed E-state index contributed by atoms with van der Waals surface area (Å²) >= 11 is 0. The number of hydrogen-bond acceptors (Lipinski definition) is 7. The van der Waals surface area contributed by atoms with Crippen molar-refractivity contribution in [3.63, 3.8) is 0 Å². The van der Waals surface area contributed by atoms with Crippen LogP contribution >= 0.6 is 0 Å². The third kappa shape index (κ3) is 4.53. The summed E-state index contributed by atoms with van der Waals surface area (Å²) in [6.45, 7) is 2.07. The maximum absolute atomic E-state index is 12.4. The zero-order valence-corrected chi connectivity index (χ0v) is 16.9. The van der Waals surface area contributed by atoms with Crippen molar-refractivity contribution >= 4 is 22.6 Å². The molecule has 0 radical (unpaired) electrons. The number of halogens is 3. The van der Waals surface area contributed by atoms with Gasteiger partial charge in [0.1, 0.15) is 5.82 Å². The van der Waals surface area contributed by atoms with E-state index in [0.717, 1.165) is 12.0 Å². The van der Waals surface area contributed by atoms with Crippen LogP contribution in [0.1, 0.15) is 34.6 Å². The van der Waals surface area contributed by atoms with Crippen molar-refractivity contribution in [2.24, 2.45) is 0 Å². The fraction of sp³-hybridized carbons (Fsp3) is 0.250. The van der Waals surface area contributed by atoms with E-state index in [1.807, 2.05) is 6.92 Å². The normalized spacial score (nSPS) is 12.7. The number of carbonyl (C=O) groups is 1. The Labute approximate surface area is 179 Å². The zero-order chi connectivity index (χ0) is 22.9. The number of hydrogen-bond donors (Lipinski definition) is 1. The van der Waals surface area contributed by atoms with Gasteiger partial charge < -0.3 is 14.5 Å². The van der Waals surface area contributed by atoms with Gasteiger partial charge in [-0.15, -0.1) is 0 Å². The van der Waals surface area contributed by atoms with Gasteiger partial charge >= 0.3 is 6.18 Å². The monoisotopic (exact) mass is 446 g/mol. The summed E-state index contributed by atoms with van der Waals surface area (Å²) in [5.74, 6) is -0.241. The number of nitrogens with zero attached hydrogens (tertiary/aromatic N) is 5. The molecule has 32 heavy (non-hydrogen) atoms. The molecule has 4 aromatic heterocycles. The number of carbonyl (C=O) groups excluding carboxylic acids is 1. The van der Waals surface area contributed by atoms with E-state index in [9.17, 15) is 18.0 Å². The molecule has 166 valence electrons. The van der Waals surface area contributed by atoms with Crippen LogP contribution in [0.25, 0.3) is 10.9 Å². The molecule has 0 aromatic carbocycles. The zero-order valence-electron chi connectivity index (χ0n) is 16.9. The predicted molar refractivity (Wildman–Crippen MR) is 106 cm³/mol. The second kappa shape index (κ2) is 8.29. The molecule has 4 rings (SSSR count). The predicted octanol–water partition coefficient (Wildman–Crippen LogP) is 3.93. The van der Waals surface area contributed by atoms with Crippen molar-refractivity contribution in [3.8, 4) is 5.88 Å². The van der Waals surface area contributed by atoms with Crippen molar-refractivity contribution in [1.82, 2.24) is 24.7 Å². The summed E-state index contributed by atoms with van der Waals surface area (Å²) in [5, 5.41) is 7.79. The number of ether oxygens (including phenoxy) is 1. The lowest BCUT2D eigenvalue weighted by molar-refractivity contribution is -0.154. The average molecular weight is 446 g/mol. The van der Waals surface area contributed by atoms with Crippen LogP contribution in [0.15, 0.2) is 47.7 Å². The van der Waals surface area contributed by atoms with E-state index in [-0.39, 0.29) is 17.7 Å². The topological polar surface area (TPSA) is 108 Å². The highest BCUT2D eigenvalue weighted by Crippen LogP contribution is 2.27. The van der Waals surface area contributed by atoms with Crippen LogP contribution in [0.2, 0.25) is 0 Å². The van der Waals surface area contributed by atoms with Crippen LogP contribution in [0.3, 0.4) is 0 Å². The van der Waals surface area contributed by atoms with Crippen LogP contribution < -0.4 is 10.1 Å². The molecular formula is C20H17F3N6O3. The smallest absolute Gasteiger partial charge is 0.422 e. The molecule has 0 fully saturated rings. The number of rotatable bonds is 6. The largest absolute Gasteiger partial charge is 0.468 e. The highest BCUT2D eigenvalue weighted by Gasteiger charge is 2.29. The Bertz CT molecular complexity index is 1250. The van der Waals surface area contributed by atoms with E-state index in [1.165, 1.54) is 18.6 Å². The summed E-state index contributed by atoms with van der Waals surface area (Å²) in [6, 6.07) is 3.09. The molecule has 9 nitrogen and oxygen atoms in total. The number of pyridine rings is 2. The Morgan fingerprint density at radius 2 is 2.12 bits per heavy atom. The Hall–Kier alpha value is -3.96. The molecule has 1 atom stereocenters. The first-order valence-electron chi connectivity index (χ1n) is 9.41. The first kappa shape index (κ1) is 21.3. The van der Waals surface area contributed by atoms with Gasteiger partial charge in [0.05, 0.1) is 23.1 Å². The number of anilines is 1. The SMILES string of the molecule is Cc1cc(C(C)n2cc3c(NC(=O)c4cnco4)nccc3n2)cnc1OCC(F)(F)F. The van der Waals surface area contributed by atoms with Gasteiger partial charge in [0.15, 0.2) is 13.0 Å². The molecule has 0 saturated carbocycles. The van der Waals surface area contributed by atoms with E-state index in [1.54, 1.807) is 29.9 Å². The molecular weight excluding hydrogens is 429 g/mol. The minimum absolute atomic E-state index is 0.0407. The van der Waals surface area contributed by atoms with Gasteiger partial charge in [0.2, 0.25) is 11.6 Å². The first-order valence-corrected chi connectivity index (χ1v) is 9.41. The molecule has 0 saturated heterocycles. The Morgan fingerprint density at radius 1 is 1.31 bits per heavy atom. The summed E-state index contributed by atoms with van der Waals surface area (Å²) in [7, 11) is 0. The molecule has 0 bridgehead atoms. The quantitative estimate of drug-likeness (QED) is 0.478. The maximum Gasteiger partial charge on any atom is 0.422 e. The molecule has 12 heteroatoms. The van der Waals surface area contributed by atoms with Gasteiger partial charge in [-0.2, -0.15) is 18.3 Å². The second-order valence-corrected chi connectivity index (χ2v) is 6.99. The summed E-state index contributed by atoms with van der Waals surface area (Å²) in [5.41, 5.74) is 1.78. The van der Waals surface area contributed by atoms with Gasteiger partial charge in [0.25, 0.3) is 5.91 Å². The Kier molecular flexibility index (Phi) is 5.51. The fourth-order valence-electron chi connectivity index (χ4n) is 3.02. The van der Waals surface area contributed by atoms with Crippen LogP contribution in [0.5, 0.6) is 5.88 Å². The lowest BCUT2D eigenvalue weighted by atomic mass is 10.1. The first-order chi connectivity index (χ1) is 15.2. The van der Waals surface area contributed by atoms with Gasteiger partial charge in [0, 0.05) is 24.2 Å². The van der Waals surface area contributed by atoms with E-state index in [0.29, 0.717) is 22.3 Å². The van der Waals surface area contributed by atoms with Crippen molar-refractivity contribution in [2.45, 2.75) is 26.1 Å². The lowest BCUT2D eigenvalue weighted by Crippen LogP contribution is -2.20. The van der Waals surface area contributed by atoms with E-state index < -0.39 is 18.7 Å². The van der Waals surface area contributed by atoms with Crippen molar-refractivity contribution in [1.29, 1.82) is 0 Å². The highest BCUT2D eigenvalue weighted by molar-refractivity contribution is 6.05. The molecule has 0 aliphatic heterocycles. The van der Waals surface area contributed by atoms with Crippen LogP contribution in [-0.4, -0.2) is 43.4 Å². The van der Waals surface area contributed by atoms with E-state index in [2.05, 4.69) is 25.4 Å². The van der Waals surface area contributed by atoms with Gasteiger partial charge in [-0.05, 0) is 31.5 Å². The average Bonchev–Trinajstić information content (AvgIpc) is 3.42. The van der Waals surface area contributed by atoms with Crippen LogP contribution in [0, 0.1) is 6.92 Å². The summed E-state index contributed by atoms with van der Waals surface area (Å²) in [4.78, 5) is 24.2. The van der Waals surface area contributed by atoms with Gasteiger partial charge in [-0.25, -0.2) is 15.0 Å². The van der Waals surface area contributed by atoms with Crippen LogP contribution in [0.4, 0.5) is 19.0 Å². The number of nitrogens with one attached hydrogen (secondary N) is 1. The third-order valence-electron chi connectivity index (χ3n) is 4.64. The molecule has 4 heterocycles. The molecule has 1 amide bonds. The molecule has 0 aliphatic rings. The fourth-order valence-corrected chi connectivity index (χ4v) is 3.02. The number of aromatic nitrogens is 5. The second-order valence-electron chi connectivity index (χ2n) is 6.99. The summed E-state index contributed by atoms with van der Waals surface area (Å²) < 4.78 is 48.6. The molecule has 0 spiro atoms. The van der Waals surface area contributed by atoms with Crippen molar-refractivity contribution in [2.75, 3.05) is 11.9 Å². The lowest BCUT2D eigenvalue weighted by Gasteiger charge is -2.15. The number of fused-ring (bicyclic) bond motifs is 1. The van der Waals surface area contributed by atoms with Gasteiger partial charge in [-0.3, -0.25) is 9.48 Å². The Balaban J connectivity index is 1.57.